The number of quaternary nitrogens is 1. The van der Waals surface area contributed by atoms with Crippen LogP contribution in [0.2, 0.25) is 0 Å². The predicted octanol–water partition coefficient (Wildman–Crippen LogP) is 15.3. The minimum atomic E-state index is -4.45. The SMILES string of the molecule is CC\C=C/C=C/C=C/C=C\C=C\C=C\CCCCCC(=O)OC(/C=C\CCCCCCCCCCCC)C(COP(=O)(O)OCC[N+](C)(C)C)NC(=O)CCCCCCC/C=C\CCCC. The molecule has 378 valence electrons. The number of nitrogens with one attached hydrogen (secondary N) is 1. The topological polar surface area (TPSA) is 111 Å². The highest BCUT2D eigenvalue weighted by atomic mass is 31.2. The fourth-order valence-electron chi connectivity index (χ4n) is 6.83. The molecular formula is C56H98N2O7P+. The van der Waals surface area contributed by atoms with Gasteiger partial charge in [0.05, 0.1) is 33.8 Å². The molecule has 0 radical (unpaired) electrons. The second-order valence-electron chi connectivity index (χ2n) is 18.5. The maximum Gasteiger partial charge on any atom is 0.472 e. The van der Waals surface area contributed by atoms with Crippen LogP contribution in [0.3, 0.4) is 0 Å². The molecule has 0 aliphatic carbocycles. The molecule has 1 amide bonds. The summed E-state index contributed by atoms with van der Waals surface area (Å²) in [5.74, 6) is -0.578. The second kappa shape index (κ2) is 45.7. The van der Waals surface area contributed by atoms with E-state index in [1.165, 1.54) is 64.2 Å². The third-order valence-corrected chi connectivity index (χ3v) is 11.9. The summed E-state index contributed by atoms with van der Waals surface area (Å²) in [5.41, 5.74) is 0. The Morgan fingerprint density at radius 1 is 0.545 bits per heavy atom. The summed E-state index contributed by atoms with van der Waals surface area (Å²) in [6.07, 6.45) is 59.7. The van der Waals surface area contributed by atoms with Crippen molar-refractivity contribution >= 4 is 19.7 Å². The molecule has 0 aromatic heterocycles. The summed E-state index contributed by atoms with van der Waals surface area (Å²) in [6, 6.07) is -0.874. The molecule has 0 fully saturated rings. The summed E-state index contributed by atoms with van der Waals surface area (Å²) >= 11 is 0. The maximum absolute atomic E-state index is 13.4. The summed E-state index contributed by atoms with van der Waals surface area (Å²) in [5, 5.41) is 3.01. The van der Waals surface area contributed by atoms with Crippen LogP contribution in [0.4, 0.5) is 0 Å². The molecule has 0 saturated heterocycles. The first-order valence-corrected chi connectivity index (χ1v) is 27.6. The van der Waals surface area contributed by atoms with Crippen molar-refractivity contribution < 1.29 is 37.3 Å². The molecule has 10 heteroatoms. The normalized spacial score (nSPS) is 14.7. The summed E-state index contributed by atoms with van der Waals surface area (Å²) in [6.45, 7) is 6.75. The molecule has 9 nitrogen and oxygen atoms in total. The van der Waals surface area contributed by atoms with E-state index in [0.29, 0.717) is 23.9 Å². The van der Waals surface area contributed by atoms with Gasteiger partial charge in [-0.15, -0.1) is 0 Å². The van der Waals surface area contributed by atoms with Gasteiger partial charge in [0.2, 0.25) is 5.91 Å². The number of carbonyl (C=O) groups excluding carboxylic acids is 2. The van der Waals surface area contributed by atoms with Crippen molar-refractivity contribution in [2.24, 2.45) is 0 Å². The molecule has 0 aromatic rings. The van der Waals surface area contributed by atoms with Crippen LogP contribution >= 0.6 is 7.82 Å². The van der Waals surface area contributed by atoms with Crippen LogP contribution in [0, 0.1) is 0 Å². The average Bonchev–Trinajstić information content (AvgIpc) is 3.27. The molecule has 0 saturated carbocycles. The number of phosphoric ester groups is 1. The molecule has 0 heterocycles. The molecule has 0 bridgehead atoms. The summed E-state index contributed by atoms with van der Waals surface area (Å²) < 4.78 is 30.4. The van der Waals surface area contributed by atoms with Gasteiger partial charge in [-0.25, -0.2) is 4.57 Å². The van der Waals surface area contributed by atoms with Gasteiger partial charge in [-0.05, 0) is 70.3 Å². The number of unbranched alkanes of at least 4 members (excludes halogenated alkanes) is 20. The van der Waals surface area contributed by atoms with E-state index in [4.69, 9.17) is 13.8 Å². The maximum atomic E-state index is 13.4. The second-order valence-corrected chi connectivity index (χ2v) is 19.9. The van der Waals surface area contributed by atoms with Crippen LogP contribution < -0.4 is 5.32 Å². The van der Waals surface area contributed by atoms with E-state index in [-0.39, 0.29) is 31.5 Å². The average molecular weight is 942 g/mol. The van der Waals surface area contributed by atoms with Gasteiger partial charge in [0.25, 0.3) is 0 Å². The van der Waals surface area contributed by atoms with Crippen molar-refractivity contribution in [3.63, 3.8) is 0 Å². The number of carbonyl (C=O) groups is 2. The number of likely N-dealkylation sites (N-methyl/N-ethyl adjacent to an activating group) is 1. The lowest BCUT2D eigenvalue weighted by molar-refractivity contribution is -0.870. The number of hydrogen-bond donors (Lipinski definition) is 2. The Balaban J connectivity index is 5.54. The van der Waals surface area contributed by atoms with Crippen LogP contribution in [0.25, 0.3) is 0 Å². The largest absolute Gasteiger partial charge is 0.472 e. The molecule has 2 N–H and O–H groups in total. The standard InChI is InChI=1S/C56H97N2O7P/c1-7-10-13-16-19-22-25-27-28-29-30-31-34-37-40-43-46-49-56(60)65-54(47-44-41-38-35-33-26-23-20-17-14-11-8-2)53(52-64-66(61,62)63-51-50-58(4,5)6)57-55(59)48-45-42-39-36-32-24-21-18-15-12-9-3/h10,13,16,18-19,21-22,25,27-31,34,44,47,53-54H,7-9,11-12,14-15,17,20,23-24,26,32-33,35-43,45-46,48-52H2,1-6H3,(H-,57,59,61,62)/p+1/b13-10-,19-16+,21-18-,25-22+,28-27-,30-29+,34-31+,47-44-. The van der Waals surface area contributed by atoms with Crippen molar-refractivity contribution in [3.8, 4) is 0 Å². The number of amides is 1. The Labute approximate surface area is 405 Å². The zero-order valence-electron chi connectivity index (χ0n) is 42.9. The summed E-state index contributed by atoms with van der Waals surface area (Å²) in [7, 11) is 1.45. The molecule has 0 aromatic carbocycles. The van der Waals surface area contributed by atoms with Crippen LogP contribution in [0.15, 0.2) is 97.2 Å². The van der Waals surface area contributed by atoms with Crippen LogP contribution in [-0.2, 0) is 27.9 Å². The Bertz CT molecular complexity index is 1460. The molecule has 0 spiro atoms. The number of nitrogens with zero attached hydrogens (tertiary/aromatic N) is 1. The lowest BCUT2D eigenvalue weighted by Gasteiger charge is -2.27. The first kappa shape index (κ1) is 62.9. The first-order chi connectivity index (χ1) is 31.9. The number of allylic oxidation sites excluding steroid dienone is 15. The lowest BCUT2D eigenvalue weighted by atomic mass is 10.0. The fourth-order valence-corrected chi connectivity index (χ4v) is 7.57. The number of phosphoric acid groups is 1. The fraction of sp³-hybridized carbons (Fsp3) is 0.679. The minimum absolute atomic E-state index is 0.0260. The van der Waals surface area contributed by atoms with Gasteiger partial charge in [-0.2, -0.15) is 0 Å². The monoisotopic (exact) mass is 942 g/mol. The highest BCUT2D eigenvalue weighted by Crippen LogP contribution is 2.43. The third-order valence-electron chi connectivity index (χ3n) is 10.9. The van der Waals surface area contributed by atoms with Crippen molar-refractivity contribution in [2.45, 2.75) is 206 Å². The van der Waals surface area contributed by atoms with E-state index in [9.17, 15) is 19.0 Å². The number of esters is 1. The van der Waals surface area contributed by atoms with Crippen molar-refractivity contribution in [2.75, 3.05) is 40.9 Å². The van der Waals surface area contributed by atoms with E-state index in [1.807, 2.05) is 94.1 Å². The van der Waals surface area contributed by atoms with Crippen molar-refractivity contribution in [1.82, 2.24) is 5.32 Å². The van der Waals surface area contributed by atoms with Crippen molar-refractivity contribution in [3.05, 3.63) is 97.2 Å². The first-order valence-electron chi connectivity index (χ1n) is 26.1. The molecule has 3 unspecified atom stereocenters. The van der Waals surface area contributed by atoms with Gasteiger partial charge in [-0.3, -0.25) is 18.6 Å². The van der Waals surface area contributed by atoms with Crippen molar-refractivity contribution in [1.29, 1.82) is 0 Å². The van der Waals surface area contributed by atoms with E-state index >= 15 is 0 Å². The molecule has 3 atom stereocenters. The quantitative estimate of drug-likeness (QED) is 0.0156. The zero-order chi connectivity index (χ0) is 48.7. The Hall–Kier alpha value is -3.07. The van der Waals surface area contributed by atoms with Gasteiger partial charge in [0.1, 0.15) is 19.3 Å². The van der Waals surface area contributed by atoms with Crippen LogP contribution in [-0.4, -0.2) is 74.3 Å². The summed E-state index contributed by atoms with van der Waals surface area (Å²) in [4.78, 5) is 37.4. The molecule has 66 heavy (non-hydrogen) atoms. The molecule has 0 aliphatic heterocycles. The van der Waals surface area contributed by atoms with Gasteiger partial charge < -0.3 is 19.4 Å². The number of ether oxygens (including phenoxy) is 1. The number of hydrogen-bond acceptors (Lipinski definition) is 6. The minimum Gasteiger partial charge on any atom is -0.456 e. The highest BCUT2D eigenvalue weighted by molar-refractivity contribution is 7.47. The third kappa shape index (κ3) is 46.1. The van der Waals surface area contributed by atoms with Crippen LogP contribution in [0.1, 0.15) is 194 Å². The zero-order valence-corrected chi connectivity index (χ0v) is 43.8. The van der Waals surface area contributed by atoms with E-state index in [1.54, 1.807) is 0 Å². The molecule has 0 rings (SSSR count). The van der Waals surface area contributed by atoms with E-state index in [0.717, 1.165) is 89.9 Å². The smallest absolute Gasteiger partial charge is 0.456 e. The van der Waals surface area contributed by atoms with Gasteiger partial charge in [-0.1, -0.05) is 208 Å². The highest BCUT2D eigenvalue weighted by Gasteiger charge is 2.30. The van der Waals surface area contributed by atoms with Gasteiger partial charge >= 0.3 is 13.8 Å². The Morgan fingerprint density at radius 3 is 1.56 bits per heavy atom. The van der Waals surface area contributed by atoms with Gasteiger partial charge in [0, 0.05) is 12.8 Å². The van der Waals surface area contributed by atoms with E-state index < -0.39 is 20.0 Å². The lowest BCUT2D eigenvalue weighted by Crippen LogP contribution is -2.47. The molecule has 0 aliphatic rings. The van der Waals surface area contributed by atoms with Crippen LogP contribution in [0.5, 0.6) is 0 Å². The Kier molecular flexibility index (Phi) is 43.6. The van der Waals surface area contributed by atoms with E-state index in [2.05, 4.69) is 50.4 Å². The molecular weight excluding hydrogens is 844 g/mol. The number of rotatable bonds is 45. The predicted molar refractivity (Wildman–Crippen MR) is 281 cm³/mol. The van der Waals surface area contributed by atoms with Gasteiger partial charge in [0.15, 0.2) is 0 Å². The Morgan fingerprint density at radius 2 is 1.00 bits per heavy atom.